The Bertz CT molecular complexity index is 644. The van der Waals surface area contributed by atoms with Gasteiger partial charge in [-0.1, -0.05) is 0 Å². The van der Waals surface area contributed by atoms with E-state index in [-0.39, 0.29) is 22.9 Å². The number of hydrogen-bond acceptors (Lipinski definition) is 4. The van der Waals surface area contributed by atoms with Crippen molar-refractivity contribution >= 4 is 11.7 Å². The molecule has 0 aliphatic heterocycles. The molecule has 1 aromatic heterocycles. The topological polar surface area (TPSA) is 85.4 Å². The Morgan fingerprint density at radius 1 is 1.42 bits per heavy atom. The van der Waals surface area contributed by atoms with Crippen LogP contribution < -0.4 is 10.5 Å². The number of aromatic nitrogens is 1. The van der Waals surface area contributed by atoms with E-state index in [9.17, 15) is 9.18 Å². The third-order valence-corrected chi connectivity index (χ3v) is 2.47. The number of carboxylic acid groups (broad SMARTS) is 1. The maximum absolute atomic E-state index is 13.1. The van der Waals surface area contributed by atoms with E-state index in [4.69, 9.17) is 15.6 Å². The minimum Gasteiger partial charge on any atom is -0.478 e. The third kappa shape index (κ3) is 2.79. The molecule has 0 fully saturated rings. The van der Waals surface area contributed by atoms with E-state index in [2.05, 4.69) is 4.98 Å². The van der Waals surface area contributed by atoms with Gasteiger partial charge in [0, 0.05) is 6.20 Å². The van der Waals surface area contributed by atoms with Gasteiger partial charge < -0.3 is 15.6 Å². The molecule has 1 heterocycles. The van der Waals surface area contributed by atoms with Crippen LogP contribution in [-0.4, -0.2) is 16.1 Å². The van der Waals surface area contributed by atoms with Crippen molar-refractivity contribution < 1.29 is 19.0 Å². The average molecular weight is 262 g/mol. The summed E-state index contributed by atoms with van der Waals surface area (Å²) in [6.07, 6.45) is 1.14. The van der Waals surface area contributed by atoms with E-state index in [1.54, 1.807) is 6.92 Å². The molecular formula is C13H11FN2O3. The third-order valence-electron chi connectivity index (χ3n) is 2.47. The zero-order chi connectivity index (χ0) is 14.0. The van der Waals surface area contributed by atoms with Gasteiger partial charge in [-0.15, -0.1) is 0 Å². The Hall–Kier alpha value is -2.63. The second-order valence-corrected chi connectivity index (χ2v) is 3.94. The Labute approximate surface area is 108 Å². The van der Waals surface area contributed by atoms with Crippen LogP contribution in [0.5, 0.6) is 11.6 Å². The second kappa shape index (κ2) is 4.93. The van der Waals surface area contributed by atoms with Crippen molar-refractivity contribution in [1.82, 2.24) is 4.98 Å². The Balaban J connectivity index is 2.28. The van der Waals surface area contributed by atoms with Crippen LogP contribution in [0.1, 0.15) is 15.9 Å². The zero-order valence-electron chi connectivity index (χ0n) is 10.1. The number of ether oxygens (including phenoxy) is 1. The molecule has 0 aliphatic rings. The summed E-state index contributed by atoms with van der Waals surface area (Å²) in [5, 5.41) is 8.78. The highest BCUT2D eigenvalue weighted by molar-refractivity contribution is 5.88. The first-order chi connectivity index (χ1) is 8.97. The number of nitrogens with two attached hydrogens (primary N) is 1. The van der Waals surface area contributed by atoms with Gasteiger partial charge in [0.25, 0.3) is 0 Å². The number of pyridine rings is 1. The number of nitrogens with zero attached hydrogens (tertiary/aromatic N) is 1. The van der Waals surface area contributed by atoms with Gasteiger partial charge in [0.1, 0.15) is 11.6 Å². The van der Waals surface area contributed by atoms with Gasteiger partial charge in [-0.2, -0.15) is 0 Å². The van der Waals surface area contributed by atoms with Crippen LogP contribution in [-0.2, 0) is 0 Å². The van der Waals surface area contributed by atoms with Crippen molar-refractivity contribution in [1.29, 1.82) is 0 Å². The summed E-state index contributed by atoms with van der Waals surface area (Å²) in [6, 6.07) is 5.46. The maximum atomic E-state index is 13.1. The van der Waals surface area contributed by atoms with Crippen LogP contribution in [0.25, 0.3) is 0 Å². The number of hydrogen-bond donors (Lipinski definition) is 2. The molecule has 0 amide bonds. The number of benzene rings is 1. The van der Waals surface area contributed by atoms with Crippen LogP contribution in [0.3, 0.4) is 0 Å². The molecule has 1 aromatic carbocycles. The summed E-state index contributed by atoms with van der Waals surface area (Å²) in [5.74, 6) is -1.00. The molecule has 0 aliphatic carbocycles. The van der Waals surface area contributed by atoms with Gasteiger partial charge in [-0.05, 0) is 36.8 Å². The lowest BCUT2D eigenvalue weighted by molar-refractivity contribution is 0.0696. The van der Waals surface area contributed by atoms with Crippen molar-refractivity contribution in [2.45, 2.75) is 6.92 Å². The fourth-order valence-corrected chi connectivity index (χ4v) is 1.46. The van der Waals surface area contributed by atoms with Gasteiger partial charge in [0.2, 0.25) is 5.88 Å². The highest BCUT2D eigenvalue weighted by atomic mass is 19.1. The fraction of sp³-hybridized carbons (Fsp3) is 0.0769. The van der Waals surface area contributed by atoms with Crippen molar-refractivity contribution in [2.24, 2.45) is 0 Å². The minimum absolute atomic E-state index is 0.0277. The minimum atomic E-state index is -1.12. The largest absolute Gasteiger partial charge is 0.478 e. The van der Waals surface area contributed by atoms with Crippen LogP contribution in [0.2, 0.25) is 0 Å². The smallest absolute Gasteiger partial charge is 0.337 e. The van der Waals surface area contributed by atoms with Gasteiger partial charge >= 0.3 is 5.97 Å². The molecule has 19 heavy (non-hydrogen) atoms. The molecule has 3 N–H and O–H groups in total. The molecule has 0 saturated carbocycles. The molecule has 0 radical (unpaired) electrons. The number of carbonyl (C=O) groups is 1. The normalized spacial score (nSPS) is 10.2. The summed E-state index contributed by atoms with van der Waals surface area (Å²) < 4.78 is 18.5. The number of halogens is 1. The van der Waals surface area contributed by atoms with Gasteiger partial charge in [0.05, 0.1) is 11.3 Å². The van der Waals surface area contributed by atoms with E-state index in [1.165, 1.54) is 24.3 Å². The van der Waals surface area contributed by atoms with E-state index < -0.39 is 5.97 Å². The predicted molar refractivity (Wildman–Crippen MR) is 66.8 cm³/mol. The lowest BCUT2D eigenvalue weighted by atomic mass is 10.2. The molecular weight excluding hydrogens is 251 g/mol. The number of rotatable bonds is 3. The summed E-state index contributed by atoms with van der Waals surface area (Å²) >= 11 is 0. The number of anilines is 1. The monoisotopic (exact) mass is 262 g/mol. The summed E-state index contributed by atoms with van der Waals surface area (Å²) in [7, 11) is 0. The van der Waals surface area contributed by atoms with Gasteiger partial charge in [-0.3, -0.25) is 0 Å². The first-order valence-electron chi connectivity index (χ1n) is 5.40. The number of carboxylic acids is 1. The van der Waals surface area contributed by atoms with Gasteiger partial charge in [-0.25, -0.2) is 14.2 Å². The highest BCUT2D eigenvalue weighted by Gasteiger charge is 2.10. The molecule has 2 aromatic rings. The number of nitrogen functional groups attached to an aromatic ring is 1. The maximum Gasteiger partial charge on any atom is 0.337 e. The summed E-state index contributed by atoms with van der Waals surface area (Å²) in [5.41, 5.74) is 6.15. The van der Waals surface area contributed by atoms with Crippen molar-refractivity contribution in [2.75, 3.05) is 5.73 Å². The number of aryl methyl sites for hydroxylation is 1. The Morgan fingerprint density at radius 2 is 2.16 bits per heavy atom. The quantitative estimate of drug-likeness (QED) is 0.888. The fourth-order valence-electron chi connectivity index (χ4n) is 1.46. The van der Waals surface area contributed by atoms with Crippen LogP contribution in [0, 0.1) is 12.7 Å². The molecule has 0 saturated heterocycles. The highest BCUT2D eigenvalue weighted by Crippen LogP contribution is 2.26. The molecule has 2 rings (SSSR count). The molecule has 98 valence electrons. The van der Waals surface area contributed by atoms with E-state index >= 15 is 0 Å². The summed E-state index contributed by atoms with van der Waals surface area (Å²) in [4.78, 5) is 14.6. The molecule has 0 atom stereocenters. The molecule has 5 nitrogen and oxygen atoms in total. The van der Waals surface area contributed by atoms with Crippen molar-refractivity contribution in [3.63, 3.8) is 0 Å². The van der Waals surface area contributed by atoms with Crippen molar-refractivity contribution in [3.05, 3.63) is 47.4 Å². The first kappa shape index (κ1) is 12.8. The average Bonchev–Trinajstić information content (AvgIpc) is 2.36. The SMILES string of the molecule is Cc1cc(Oc2ncc(C(=O)O)cc2N)ccc1F. The molecule has 0 bridgehead atoms. The summed E-state index contributed by atoms with van der Waals surface area (Å²) in [6.45, 7) is 1.60. The lowest BCUT2D eigenvalue weighted by Crippen LogP contribution is -2.01. The van der Waals surface area contributed by atoms with Gasteiger partial charge in [0.15, 0.2) is 0 Å². The van der Waals surface area contributed by atoms with E-state index in [0.29, 0.717) is 11.3 Å². The Kier molecular flexibility index (Phi) is 3.33. The van der Waals surface area contributed by atoms with E-state index in [0.717, 1.165) is 6.20 Å². The second-order valence-electron chi connectivity index (χ2n) is 3.94. The lowest BCUT2D eigenvalue weighted by Gasteiger charge is -2.08. The molecule has 0 spiro atoms. The zero-order valence-corrected chi connectivity index (χ0v) is 10.1. The molecule has 0 unspecified atom stereocenters. The molecule has 6 heteroatoms. The predicted octanol–water partition coefficient (Wildman–Crippen LogP) is 2.60. The standard InChI is InChI=1S/C13H11FN2O3/c1-7-4-9(2-3-10(7)14)19-12-11(15)5-8(6-16-12)13(17)18/h2-6H,15H2,1H3,(H,17,18). The van der Waals surface area contributed by atoms with Crippen LogP contribution >= 0.6 is 0 Å². The first-order valence-corrected chi connectivity index (χ1v) is 5.40. The Morgan fingerprint density at radius 3 is 2.74 bits per heavy atom. The number of aromatic carboxylic acids is 1. The van der Waals surface area contributed by atoms with Crippen molar-refractivity contribution in [3.8, 4) is 11.6 Å². The van der Waals surface area contributed by atoms with Crippen LogP contribution in [0.4, 0.5) is 10.1 Å². The van der Waals surface area contributed by atoms with E-state index in [1.807, 2.05) is 0 Å². The van der Waals surface area contributed by atoms with Crippen LogP contribution in [0.15, 0.2) is 30.5 Å².